The lowest BCUT2D eigenvalue weighted by Crippen LogP contribution is -2.12. The molecule has 0 bridgehead atoms. The number of nitrogens with two attached hydrogens (primary N) is 1. The third-order valence-corrected chi connectivity index (χ3v) is 4.39. The molecule has 0 amide bonds. The Bertz CT molecular complexity index is 1260. The summed E-state index contributed by atoms with van der Waals surface area (Å²) >= 11 is 0. The summed E-state index contributed by atoms with van der Waals surface area (Å²) in [6.45, 7) is 0. The van der Waals surface area contributed by atoms with E-state index in [-0.39, 0.29) is 17.1 Å². The van der Waals surface area contributed by atoms with Gasteiger partial charge in [0.15, 0.2) is 5.69 Å². The number of anilines is 1. The van der Waals surface area contributed by atoms with Crippen LogP contribution in [-0.2, 0) is 12.4 Å². The van der Waals surface area contributed by atoms with Crippen LogP contribution in [0.5, 0.6) is 0 Å². The van der Waals surface area contributed by atoms with Crippen LogP contribution in [0, 0.1) is 0 Å². The molecule has 1 aromatic carbocycles. The first-order chi connectivity index (χ1) is 15.0. The van der Waals surface area contributed by atoms with Gasteiger partial charge in [0.2, 0.25) is 5.95 Å². The third-order valence-electron chi connectivity index (χ3n) is 4.39. The van der Waals surface area contributed by atoms with E-state index in [4.69, 9.17) is 5.73 Å². The van der Waals surface area contributed by atoms with E-state index in [0.717, 1.165) is 22.8 Å². The van der Waals surface area contributed by atoms with E-state index >= 15 is 0 Å². The van der Waals surface area contributed by atoms with Gasteiger partial charge in [-0.3, -0.25) is 4.57 Å². The Balaban J connectivity index is 1.81. The Hall–Kier alpha value is -3.96. The minimum Gasteiger partial charge on any atom is -0.384 e. The highest BCUT2D eigenvalue weighted by atomic mass is 19.4. The van der Waals surface area contributed by atoms with Crippen molar-refractivity contribution in [3.05, 3.63) is 72.4 Å². The first-order valence-electron chi connectivity index (χ1n) is 8.91. The summed E-state index contributed by atoms with van der Waals surface area (Å²) in [6, 6.07) is 7.62. The van der Waals surface area contributed by atoms with Crippen molar-refractivity contribution < 1.29 is 26.3 Å². The number of pyridine rings is 1. The fraction of sp³-hybridized carbons (Fsp3) is 0.100. The Morgan fingerprint density at radius 3 is 2.22 bits per heavy atom. The van der Waals surface area contributed by atoms with Gasteiger partial charge in [-0.25, -0.2) is 19.9 Å². The van der Waals surface area contributed by atoms with Crippen molar-refractivity contribution in [2.45, 2.75) is 12.4 Å². The summed E-state index contributed by atoms with van der Waals surface area (Å²) in [5.74, 6) is -0.130. The number of rotatable bonds is 3. The molecule has 0 spiro atoms. The van der Waals surface area contributed by atoms with Crippen molar-refractivity contribution in [2.24, 2.45) is 0 Å². The SMILES string of the molecule is Nc1ccc(-c2cn(-c3nc(-c4cccc(C(F)(F)F)c4)cc(C(F)(F)F)n3)cn2)cn1. The topological polar surface area (TPSA) is 82.5 Å². The normalized spacial score (nSPS) is 12.2. The molecule has 32 heavy (non-hydrogen) atoms. The van der Waals surface area contributed by atoms with Crippen molar-refractivity contribution in [1.82, 2.24) is 24.5 Å². The van der Waals surface area contributed by atoms with Gasteiger partial charge in [0.1, 0.15) is 12.1 Å². The molecule has 6 nitrogen and oxygen atoms in total. The van der Waals surface area contributed by atoms with Gasteiger partial charge in [-0.1, -0.05) is 12.1 Å². The largest absolute Gasteiger partial charge is 0.433 e. The lowest BCUT2D eigenvalue weighted by atomic mass is 10.1. The van der Waals surface area contributed by atoms with Crippen LogP contribution in [0.3, 0.4) is 0 Å². The summed E-state index contributed by atoms with van der Waals surface area (Å²) in [5.41, 5.74) is 3.66. The summed E-state index contributed by atoms with van der Waals surface area (Å²) < 4.78 is 80.6. The average molecular weight is 450 g/mol. The summed E-state index contributed by atoms with van der Waals surface area (Å²) in [7, 11) is 0. The van der Waals surface area contributed by atoms with Crippen molar-refractivity contribution in [3.8, 4) is 28.5 Å². The molecule has 2 N–H and O–H groups in total. The second kappa shape index (κ2) is 7.62. The van der Waals surface area contributed by atoms with Gasteiger partial charge in [-0.05, 0) is 30.3 Å². The Labute approximate surface area is 176 Å². The Morgan fingerprint density at radius 2 is 1.56 bits per heavy atom. The summed E-state index contributed by atoms with van der Waals surface area (Å²) in [5, 5.41) is 0. The highest BCUT2D eigenvalue weighted by Gasteiger charge is 2.35. The molecule has 3 heterocycles. The predicted molar refractivity (Wildman–Crippen MR) is 102 cm³/mol. The van der Waals surface area contributed by atoms with E-state index in [2.05, 4.69) is 19.9 Å². The summed E-state index contributed by atoms with van der Waals surface area (Å²) in [4.78, 5) is 15.6. The number of nitrogens with zero attached hydrogens (tertiary/aromatic N) is 5. The molecule has 0 radical (unpaired) electrons. The van der Waals surface area contributed by atoms with E-state index in [1.807, 2.05) is 0 Å². The minimum atomic E-state index is -4.85. The second-order valence-corrected chi connectivity index (χ2v) is 6.65. The van der Waals surface area contributed by atoms with Crippen LogP contribution in [0.4, 0.5) is 32.2 Å². The van der Waals surface area contributed by atoms with Crippen molar-refractivity contribution in [1.29, 1.82) is 0 Å². The van der Waals surface area contributed by atoms with E-state index in [1.165, 1.54) is 30.9 Å². The molecule has 12 heteroatoms. The van der Waals surface area contributed by atoms with Gasteiger partial charge in [0.25, 0.3) is 0 Å². The second-order valence-electron chi connectivity index (χ2n) is 6.65. The average Bonchev–Trinajstić information content (AvgIpc) is 3.23. The molecule has 4 rings (SSSR count). The predicted octanol–water partition coefficient (Wildman–Crippen LogP) is 5.01. The van der Waals surface area contributed by atoms with Crippen LogP contribution in [0.25, 0.3) is 28.5 Å². The number of nitrogen functional groups attached to an aromatic ring is 1. The van der Waals surface area contributed by atoms with Crippen LogP contribution in [0.2, 0.25) is 0 Å². The fourth-order valence-corrected chi connectivity index (χ4v) is 2.84. The number of hydrogen-bond acceptors (Lipinski definition) is 5. The maximum Gasteiger partial charge on any atom is 0.433 e. The number of halogens is 6. The molecular formula is C20H12F6N6. The standard InChI is InChI=1S/C20H12F6N6/c21-19(22,23)13-3-1-2-11(6-13)14-7-16(20(24,25)26)31-18(30-14)32-9-15(29-10-32)12-4-5-17(27)28-8-12/h1-10H,(H2,27,28). The minimum absolute atomic E-state index is 0.142. The van der Waals surface area contributed by atoms with Gasteiger partial charge >= 0.3 is 12.4 Å². The molecule has 164 valence electrons. The first-order valence-corrected chi connectivity index (χ1v) is 8.91. The first kappa shape index (κ1) is 21.3. The number of imidazole rings is 1. The monoisotopic (exact) mass is 450 g/mol. The highest BCUT2D eigenvalue weighted by molar-refractivity contribution is 5.62. The molecule has 3 aromatic heterocycles. The van der Waals surface area contributed by atoms with Gasteiger partial charge < -0.3 is 5.73 Å². The fourth-order valence-electron chi connectivity index (χ4n) is 2.84. The maximum atomic E-state index is 13.4. The quantitative estimate of drug-likeness (QED) is 0.444. The zero-order chi connectivity index (χ0) is 23.1. The number of hydrogen-bond donors (Lipinski definition) is 1. The Kier molecular flexibility index (Phi) is 5.07. The van der Waals surface area contributed by atoms with Gasteiger partial charge in [0.05, 0.1) is 17.0 Å². The molecule has 0 atom stereocenters. The van der Waals surface area contributed by atoms with E-state index in [1.54, 1.807) is 6.07 Å². The lowest BCUT2D eigenvalue weighted by Gasteiger charge is -2.12. The van der Waals surface area contributed by atoms with Gasteiger partial charge in [-0.2, -0.15) is 26.3 Å². The molecule has 0 aliphatic heterocycles. The number of benzene rings is 1. The van der Waals surface area contributed by atoms with Crippen LogP contribution in [0.1, 0.15) is 11.3 Å². The number of alkyl halides is 6. The van der Waals surface area contributed by atoms with Crippen LogP contribution < -0.4 is 5.73 Å². The Morgan fingerprint density at radius 1 is 0.781 bits per heavy atom. The molecule has 0 aliphatic carbocycles. The van der Waals surface area contributed by atoms with Gasteiger partial charge in [-0.15, -0.1) is 0 Å². The van der Waals surface area contributed by atoms with E-state index in [9.17, 15) is 26.3 Å². The molecular weight excluding hydrogens is 438 g/mol. The molecule has 4 aromatic rings. The lowest BCUT2D eigenvalue weighted by molar-refractivity contribution is -0.141. The van der Waals surface area contributed by atoms with Crippen LogP contribution in [-0.4, -0.2) is 24.5 Å². The third kappa shape index (κ3) is 4.38. The zero-order valence-corrected chi connectivity index (χ0v) is 15.9. The van der Waals surface area contributed by atoms with Crippen molar-refractivity contribution in [2.75, 3.05) is 5.73 Å². The van der Waals surface area contributed by atoms with E-state index < -0.39 is 29.6 Å². The highest BCUT2D eigenvalue weighted by Crippen LogP contribution is 2.34. The molecule has 0 saturated heterocycles. The van der Waals surface area contributed by atoms with Crippen LogP contribution >= 0.6 is 0 Å². The van der Waals surface area contributed by atoms with E-state index in [0.29, 0.717) is 17.3 Å². The van der Waals surface area contributed by atoms with Gasteiger partial charge in [0, 0.05) is 23.5 Å². The summed E-state index contributed by atoms with van der Waals surface area (Å²) in [6.07, 6.45) is -5.51. The number of aromatic nitrogens is 5. The van der Waals surface area contributed by atoms with Crippen molar-refractivity contribution >= 4 is 5.82 Å². The smallest absolute Gasteiger partial charge is 0.384 e. The zero-order valence-electron chi connectivity index (χ0n) is 15.9. The molecule has 0 unspecified atom stereocenters. The molecule has 0 aliphatic rings. The van der Waals surface area contributed by atoms with Crippen LogP contribution in [0.15, 0.2) is 61.2 Å². The van der Waals surface area contributed by atoms with Crippen molar-refractivity contribution in [3.63, 3.8) is 0 Å². The maximum absolute atomic E-state index is 13.4. The molecule has 0 fully saturated rings. The molecule has 0 saturated carbocycles.